The van der Waals surface area contributed by atoms with E-state index in [1.807, 2.05) is 13.8 Å². The van der Waals surface area contributed by atoms with Gasteiger partial charge in [-0.25, -0.2) is 4.39 Å². The molecule has 0 saturated heterocycles. The Kier molecular flexibility index (Phi) is 6.57. The number of hydrogen-bond acceptors (Lipinski definition) is 3. The van der Waals surface area contributed by atoms with E-state index in [0.717, 1.165) is 0 Å². The third kappa shape index (κ3) is 4.21. The fourth-order valence-corrected chi connectivity index (χ4v) is 1.88. The van der Waals surface area contributed by atoms with Gasteiger partial charge in [-0.05, 0) is 31.9 Å². The molecule has 3 nitrogen and oxygen atoms in total. The largest absolute Gasteiger partial charge is 0.351 e. The molecule has 5 heteroatoms. The summed E-state index contributed by atoms with van der Waals surface area (Å²) in [5, 5.41) is 0.111. The topological polar surface area (TPSA) is 44.5 Å². The highest BCUT2D eigenvalue weighted by molar-refractivity contribution is 6.31. The van der Waals surface area contributed by atoms with Gasteiger partial charge < -0.3 is 15.2 Å². The summed E-state index contributed by atoms with van der Waals surface area (Å²) in [7, 11) is 0. The van der Waals surface area contributed by atoms with Crippen molar-refractivity contribution < 1.29 is 13.9 Å². The Hall–Kier alpha value is -0.680. The van der Waals surface area contributed by atoms with Crippen molar-refractivity contribution in [3.05, 3.63) is 34.6 Å². The first kappa shape index (κ1) is 15.4. The second kappa shape index (κ2) is 7.69. The molecule has 0 aliphatic rings. The van der Waals surface area contributed by atoms with Gasteiger partial charge in [0.15, 0.2) is 6.29 Å². The number of hydrogen-bond donors (Lipinski definition) is 1. The Morgan fingerprint density at radius 3 is 2.44 bits per heavy atom. The average molecular weight is 276 g/mol. The molecule has 0 radical (unpaired) electrons. The number of rotatable bonds is 7. The number of halogens is 2. The highest BCUT2D eigenvalue weighted by Gasteiger charge is 2.20. The molecule has 0 aliphatic heterocycles. The predicted molar refractivity (Wildman–Crippen MR) is 70.1 cm³/mol. The van der Waals surface area contributed by atoms with Crippen molar-refractivity contribution in [3.8, 4) is 0 Å². The van der Waals surface area contributed by atoms with Crippen LogP contribution < -0.4 is 5.73 Å². The lowest BCUT2D eigenvalue weighted by atomic mass is 10.1. The maximum Gasteiger partial charge on any atom is 0.172 e. The summed E-state index contributed by atoms with van der Waals surface area (Å²) in [5.41, 5.74) is 6.67. The molecule has 18 heavy (non-hydrogen) atoms. The van der Waals surface area contributed by atoms with E-state index >= 15 is 0 Å². The maximum atomic E-state index is 13.3. The smallest absolute Gasteiger partial charge is 0.172 e. The number of nitrogens with two attached hydrogens (primary N) is 1. The summed E-state index contributed by atoms with van der Waals surface area (Å²) >= 11 is 5.88. The fraction of sp³-hybridized carbons (Fsp3) is 0.538. The molecule has 0 aliphatic carbocycles. The molecule has 0 heterocycles. The molecule has 1 aromatic carbocycles. The second-order valence-electron chi connectivity index (χ2n) is 3.86. The lowest BCUT2D eigenvalue weighted by Crippen LogP contribution is -2.40. The van der Waals surface area contributed by atoms with Crippen LogP contribution in [0.4, 0.5) is 4.39 Å². The molecule has 0 bridgehead atoms. The highest BCUT2D eigenvalue weighted by atomic mass is 35.5. The molecule has 0 spiro atoms. The Bertz CT molecular complexity index is 370. The zero-order chi connectivity index (χ0) is 13.5. The molecule has 1 atom stereocenters. The van der Waals surface area contributed by atoms with Gasteiger partial charge in [0.1, 0.15) is 5.82 Å². The first-order chi connectivity index (χ1) is 8.60. The van der Waals surface area contributed by atoms with Gasteiger partial charge in [0.2, 0.25) is 0 Å². The van der Waals surface area contributed by atoms with Gasteiger partial charge in [0, 0.05) is 13.2 Å². The van der Waals surface area contributed by atoms with Crippen molar-refractivity contribution in [3.63, 3.8) is 0 Å². The molecule has 1 unspecified atom stereocenters. The summed E-state index contributed by atoms with van der Waals surface area (Å²) in [6.45, 7) is 4.76. The van der Waals surface area contributed by atoms with Crippen molar-refractivity contribution in [2.75, 3.05) is 13.2 Å². The first-order valence-electron chi connectivity index (χ1n) is 6.01. The van der Waals surface area contributed by atoms with Crippen LogP contribution in [-0.4, -0.2) is 25.5 Å². The summed E-state index contributed by atoms with van der Waals surface area (Å²) in [4.78, 5) is 0. The zero-order valence-electron chi connectivity index (χ0n) is 10.7. The molecule has 0 fully saturated rings. The lowest BCUT2D eigenvalue weighted by molar-refractivity contribution is -0.148. The monoisotopic (exact) mass is 275 g/mol. The number of benzene rings is 1. The Balaban J connectivity index is 2.72. The van der Waals surface area contributed by atoms with E-state index in [4.69, 9.17) is 26.8 Å². The fourth-order valence-electron chi connectivity index (χ4n) is 1.68. The van der Waals surface area contributed by atoms with Crippen LogP contribution in [0.1, 0.15) is 19.4 Å². The van der Waals surface area contributed by atoms with E-state index in [0.29, 0.717) is 25.2 Å². The van der Waals surface area contributed by atoms with Gasteiger partial charge in [-0.1, -0.05) is 23.7 Å². The zero-order valence-corrected chi connectivity index (χ0v) is 11.4. The first-order valence-corrected chi connectivity index (χ1v) is 6.39. The summed E-state index contributed by atoms with van der Waals surface area (Å²) < 4.78 is 24.1. The summed E-state index contributed by atoms with van der Waals surface area (Å²) in [6, 6.07) is 4.30. The Labute approximate surface area is 112 Å². The molecular formula is C13H19ClFNO2. The van der Waals surface area contributed by atoms with Gasteiger partial charge >= 0.3 is 0 Å². The van der Waals surface area contributed by atoms with Crippen LogP contribution in [0, 0.1) is 5.82 Å². The van der Waals surface area contributed by atoms with E-state index in [1.54, 1.807) is 12.1 Å². The van der Waals surface area contributed by atoms with Crippen molar-refractivity contribution in [2.45, 2.75) is 32.6 Å². The minimum atomic E-state index is -0.501. The SMILES string of the molecule is CCOC(OCC)C(N)Cc1cccc(F)c1Cl. The third-order valence-electron chi connectivity index (χ3n) is 2.50. The van der Waals surface area contributed by atoms with E-state index in [1.165, 1.54) is 6.07 Å². The normalized spacial score (nSPS) is 13.0. The van der Waals surface area contributed by atoms with E-state index in [9.17, 15) is 4.39 Å². The van der Waals surface area contributed by atoms with E-state index in [-0.39, 0.29) is 11.1 Å². The molecule has 0 amide bonds. The van der Waals surface area contributed by atoms with Crippen LogP contribution in [0.3, 0.4) is 0 Å². The van der Waals surface area contributed by atoms with E-state index in [2.05, 4.69) is 0 Å². The van der Waals surface area contributed by atoms with Crippen LogP contribution in [0.2, 0.25) is 5.02 Å². The van der Waals surface area contributed by atoms with Crippen LogP contribution >= 0.6 is 11.6 Å². The highest BCUT2D eigenvalue weighted by Crippen LogP contribution is 2.21. The standard InChI is InChI=1S/C13H19ClFNO2/c1-3-17-13(18-4-2)11(16)8-9-6-5-7-10(15)12(9)14/h5-7,11,13H,3-4,8,16H2,1-2H3. The lowest BCUT2D eigenvalue weighted by Gasteiger charge is -2.23. The molecular weight excluding hydrogens is 257 g/mol. The summed E-state index contributed by atoms with van der Waals surface area (Å²) in [6.07, 6.45) is -0.0966. The number of ether oxygens (including phenoxy) is 2. The van der Waals surface area contributed by atoms with Crippen LogP contribution in [0.25, 0.3) is 0 Å². The second-order valence-corrected chi connectivity index (χ2v) is 4.24. The Morgan fingerprint density at radius 2 is 1.89 bits per heavy atom. The molecule has 102 valence electrons. The molecule has 1 aromatic rings. The van der Waals surface area contributed by atoms with Gasteiger partial charge in [0.05, 0.1) is 11.1 Å². The van der Waals surface area contributed by atoms with Gasteiger partial charge in [0.25, 0.3) is 0 Å². The molecule has 0 aromatic heterocycles. The van der Waals surface area contributed by atoms with Crippen LogP contribution in [0.15, 0.2) is 18.2 Å². The van der Waals surface area contributed by atoms with Gasteiger partial charge in [-0.2, -0.15) is 0 Å². The van der Waals surface area contributed by atoms with Gasteiger partial charge in [-0.15, -0.1) is 0 Å². The van der Waals surface area contributed by atoms with Crippen LogP contribution in [-0.2, 0) is 15.9 Å². The van der Waals surface area contributed by atoms with Crippen molar-refractivity contribution in [1.82, 2.24) is 0 Å². The van der Waals surface area contributed by atoms with Crippen LogP contribution in [0.5, 0.6) is 0 Å². The molecule has 2 N–H and O–H groups in total. The minimum absolute atomic E-state index is 0.111. The van der Waals surface area contributed by atoms with E-state index < -0.39 is 12.1 Å². The molecule has 0 saturated carbocycles. The van der Waals surface area contributed by atoms with Crippen molar-refractivity contribution in [1.29, 1.82) is 0 Å². The van der Waals surface area contributed by atoms with Crippen molar-refractivity contribution >= 4 is 11.6 Å². The average Bonchev–Trinajstić information content (AvgIpc) is 2.34. The third-order valence-corrected chi connectivity index (χ3v) is 2.92. The molecule has 1 rings (SSSR count). The quantitative estimate of drug-likeness (QED) is 0.778. The minimum Gasteiger partial charge on any atom is -0.351 e. The summed E-state index contributed by atoms with van der Waals surface area (Å²) in [5.74, 6) is -0.439. The predicted octanol–water partition coefficient (Wildman–Crippen LogP) is 2.75. The Morgan fingerprint density at radius 1 is 1.28 bits per heavy atom. The van der Waals surface area contributed by atoms with Gasteiger partial charge in [-0.3, -0.25) is 0 Å². The maximum absolute atomic E-state index is 13.3. The van der Waals surface area contributed by atoms with Crippen molar-refractivity contribution in [2.24, 2.45) is 5.73 Å².